The number of methoxy groups -OCH3 is 1. The summed E-state index contributed by atoms with van der Waals surface area (Å²) in [4.78, 5) is 37.2. The number of carboxylic acid groups (broad SMARTS) is 1. The molecule has 1 fully saturated rings. The summed E-state index contributed by atoms with van der Waals surface area (Å²) in [5.74, 6) is -0.863. The van der Waals surface area contributed by atoms with Gasteiger partial charge in [0.05, 0.1) is 18.6 Å². The molecule has 2 N–H and O–H groups in total. The second kappa shape index (κ2) is 8.56. The van der Waals surface area contributed by atoms with E-state index in [4.69, 9.17) is 9.84 Å². The largest absolute Gasteiger partial charge is 0.497 e. The highest BCUT2D eigenvalue weighted by molar-refractivity contribution is 6.00. The predicted octanol–water partition coefficient (Wildman–Crippen LogP) is 2.11. The lowest BCUT2D eigenvalue weighted by Crippen LogP contribution is -2.34. The molecule has 1 heterocycles. The number of benzene rings is 2. The number of rotatable bonds is 7. The molecule has 0 bridgehead atoms. The molecule has 0 aromatic heterocycles. The van der Waals surface area contributed by atoms with Gasteiger partial charge in [0.25, 0.3) is 0 Å². The molecule has 0 saturated carbocycles. The first kappa shape index (κ1) is 19.4. The number of nitrogens with zero attached hydrogens (tertiary/aromatic N) is 1. The number of nitrogens with one attached hydrogen (secondary N) is 1. The maximum absolute atomic E-state index is 12.4. The SMILES string of the molecule is COc1ccc(N2CC(C(=O)NCCc3ccc(C(=O)O)cc3)CC2=O)cc1. The van der Waals surface area contributed by atoms with Gasteiger partial charge in [-0.1, -0.05) is 12.1 Å². The van der Waals surface area contributed by atoms with Crippen LogP contribution in [-0.4, -0.2) is 43.1 Å². The van der Waals surface area contributed by atoms with Crippen LogP contribution in [0.4, 0.5) is 5.69 Å². The predicted molar refractivity (Wildman–Crippen MR) is 104 cm³/mol. The van der Waals surface area contributed by atoms with Crippen molar-refractivity contribution in [3.63, 3.8) is 0 Å². The third-order valence-electron chi connectivity index (χ3n) is 4.79. The van der Waals surface area contributed by atoms with Crippen LogP contribution in [0.2, 0.25) is 0 Å². The van der Waals surface area contributed by atoms with E-state index in [1.54, 1.807) is 60.5 Å². The second-order valence-corrected chi connectivity index (χ2v) is 6.65. The van der Waals surface area contributed by atoms with Crippen molar-refractivity contribution >= 4 is 23.5 Å². The number of hydrogen-bond acceptors (Lipinski definition) is 4. The molecule has 0 aliphatic carbocycles. The fraction of sp³-hybridized carbons (Fsp3) is 0.286. The number of hydrogen-bond donors (Lipinski definition) is 2. The van der Waals surface area contributed by atoms with Crippen molar-refractivity contribution in [3.05, 3.63) is 59.7 Å². The lowest BCUT2D eigenvalue weighted by atomic mass is 10.1. The zero-order valence-corrected chi connectivity index (χ0v) is 15.6. The van der Waals surface area contributed by atoms with Crippen molar-refractivity contribution in [1.29, 1.82) is 0 Å². The van der Waals surface area contributed by atoms with E-state index < -0.39 is 5.97 Å². The van der Waals surface area contributed by atoms with Crippen LogP contribution in [0.1, 0.15) is 22.3 Å². The fourth-order valence-electron chi connectivity index (χ4n) is 3.18. The minimum atomic E-state index is -0.966. The highest BCUT2D eigenvalue weighted by Gasteiger charge is 2.34. The van der Waals surface area contributed by atoms with Gasteiger partial charge in [-0.3, -0.25) is 9.59 Å². The number of carbonyl (C=O) groups excluding carboxylic acids is 2. The van der Waals surface area contributed by atoms with E-state index >= 15 is 0 Å². The van der Waals surface area contributed by atoms with Crippen LogP contribution >= 0.6 is 0 Å². The lowest BCUT2D eigenvalue weighted by molar-refractivity contribution is -0.126. The molecule has 1 unspecified atom stereocenters. The van der Waals surface area contributed by atoms with Crippen LogP contribution in [0.25, 0.3) is 0 Å². The average molecular weight is 382 g/mol. The minimum Gasteiger partial charge on any atom is -0.497 e. The maximum atomic E-state index is 12.4. The number of carbonyl (C=O) groups is 3. The van der Waals surface area contributed by atoms with E-state index in [0.29, 0.717) is 25.3 Å². The Kier molecular flexibility index (Phi) is 5.93. The number of carboxylic acids is 1. The van der Waals surface area contributed by atoms with Crippen molar-refractivity contribution in [2.75, 3.05) is 25.1 Å². The molecule has 28 heavy (non-hydrogen) atoms. The molecular weight excluding hydrogens is 360 g/mol. The van der Waals surface area contributed by atoms with Crippen LogP contribution in [-0.2, 0) is 16.0 Å². The molecule has 146 valence electrons. The molecular formula is C21H22N2O5. The molecule has 1 aliphatic heterocycles. The van der Waals surface area contributed by atoms with E-state index in [0.717, 1.165) is 11.3 Å². The topological polar surface area (TPSA) is 95.9 Å². The van der Waals surface area contributed by atoms with Crippen molar-refractivity contribution < 1.29 is 24.2 Å². The Labute approximate surface area is 162 Å². The number of anilines is 1. The molecule has 2 amide bonds. The molecule has 2 aromatic carbocycles. The van der Waals surface area contributed by atoms with Gasteiger partial charge < -0.3 is 20.1 Å². The van der Waals surface area contributed by atoms with Crippen LogP contribution in [0.15, 0.2) is 48.5 Å². The zero-order valence-electron chi connectivity index (χ0n) is 15.6. The number of amides is 2. The van der Waals surface area contributed by atoms with Gasteiger partial charge in [0.1, 0.15) is 5.75 Å². The summed E-state index contributed by atoms with van der Waals surface area (Å²) in [5, 5.41) is 11.8. The summed E-state index contributed by atoms with van der Waals surface area (Å²) in [6.07, 6.45) is 0.777. The lowest BCUT2D eigenvalue weighted by Gasteiger charge is -2.17. The number of ether oxygens (including phenoxy) is 1. The Balaban J connectivity index is 1.50. The Morgan fingerprint density at radius 2 is 1.82 bits per heavy atom. The monoisotopic (exact) mass is 382 g/mol. The van der Waals surface area contributed by atoms with Gasteiger partial charge in [-0.05, 0) is 48.4 Å². The Morgan fingerprint density at radius 3 is 2.43 bits per heavy atom. The Hall–Kier alpha value is -3.35. The molecule has 7 heteroatoms. The maximum Gasteiger partial charge on any atom is 0.335 e. The molecule has 1 atom stereocenters. The van der Waals surface area contributed by atoms with E-state index in [2.05, 4.69) is 5.32 Å². The molecule has 1 saturated heterocycles. The number of aromatic carboxylic acids is 1. The summed E-state index contributed by atoms with van der Waals surface area (Å²) >= 11 is 0. The van der Waals surface area contributed by atoms with Crippen LogP contribution < -0.4 is 15.0 Å². The standard InChI is InChI=1S/C21H22N2O5/c1-28-18-8-6-17(7-9-18)23-13-16(12-19(23)24)20(25)22-11-10-14-2-4-15(5-3-14)21(26)27/h2-9,16H,10-13H2,1H3,(H,22,25)(H,26,27). The van der Waals surface area contributed by atoms with Gasteiger partial charge in [-0.15, -0.1) is 0 Å². The average Bonchev–Trinajstić information content (AvgIpc) is 3.10. The van der Waals surface area contributed by atoms with E-state index in [1.165, 1.54) is 0 Å². The minimum absolute atomic E-state index is 0.0745. The van der Waals surface area contributed by atoms with Gasteiger partial charge in [-0.25, -0.2) is 4.79 Å². The van der Waals surface area contributed by atoms with Crippen LogP contribution in [0.3, 0.4) is 0 Å². The van der Waals surface area contributed by atoms with Gasteiger partial charge in [0, 0.05) is 25.2 Å². The molecule has 2 aromatic rings. The summed E-state index contributed by atoms with van der Waals surface area (Å²) < 4.78 is 5.12. The Morgan fingerprint density at radius 1 is 1.14 bits per heavy atom. The van der Waals surface area contributed by atoms with Gasteiger partial charge in [0.15, 0.2) is 0 Å². The highest BCUT2D eigenvalue weighted by atomic mass is 16.5. The van der Waals surface area contributed by atoms with Crippen molar-refractivity contribution in [1.82, 2.24) is 5.32 Å². The molecule has 0 spiro atoms. The fourth-order valence-corrected chi connectivity index (χ4v) is 3.18. The normalized spacial score (nSPS) is 16.1. The van der Waals surface area contributed by atoms with Gasteiger partial charge in [0.2, 0.25) is 11.8 Å². The van der Waals surface area contributed by atoms with E-state index in [9.17, 15) is 14.4 Å². The first-order valence-electron chi connectivity index (χ1n) is 9.02. The quantitative estimate of drug-likeness (QED) is 0.765. The van der Waals surface area contributed by atoms with Crippen molar-refractivity contribution in [2.24, 2.45) is 5.92 Å². The zero-order chi connectivity index (χ0) is 20.1. The summed E-state index contributed by atoms with van der Waals surface area (Å²) in [7, 11) is 1.58. The first-order chi connectivity index (χ1) is 13.5. The molecule has 7 nitrogen and oxygen atoms in total. The van der Waals surface area contributed by atoms with E-state index in [1.807, 2.05) is 0 Å². The van der Waals surface area contributed by atoms with Gasteiger partial charge >= 0.3 is 5.97 Å². The second-order valence-electron chi connectivity index (χ2n) is 6.65. The van der Waals surface area contributed by atoms with Crippen molar-refractivity contribution in [3.8, 4) is 5.75 Å². The highest BCUT2D eigenvalue weighted by Crippen LogP contribution is 2.26. The van der Waals surface area contributed by atoms with E-state index in [-0.39, 0.29) is 29.7 Å². The van der Waals surface area contributed by atoms with Crippen LogP contribution in [0, 0.1) is 5.92 Å². The smallest absolute Gasteiger partial charge is 0.335 e. The Bertz CT molecular complexity index is 861. The third kappa shape index (κ3) is 4.49. The molecule has 1 aliphatic rings. The first-order valence-corrected chi connectivity index (χ1v) is 9.02. The molecule has 3 rings (SSSR count). The molecule has 0 radical (unpaired) electrons. The van der Waals surface area contributed by atoms with Gasteiger partial charge in [-0.2, -0.15) is 0 Å². The van der Waals surface area contributed by atoms with Crippen LogP contribution in [0.5, 0.6) is 5.75 Å². The third-order valence-corrected chi connectivity index (χ3v) is 4.79. The summed E-state index contributed by atoms with van der Waals surface area (Å²) in [6, 6.07) is 13.7. The van der Waals surface area contributed by atoms with Crippen molar-refractivity contribution in [2.45, 2.75) is 12.8 Å². The summed E-state index contributed by atoms with van der Waals surface area (Å²) in [6.45, 7) is 0.781. The summed E-state index contributed by atoms with van der Waals surface area (Å²) in [5.41, 5.74) is 1.92.